The van der Waals surface area contributed by atoms with Crippen LogP contribution in [0.3, 0.4) is 0 Å². The molecule has 0 heterocycles. The average molecular weight is 325 g/mol. The van der Waals surface area contributed by atoms with Crippen LogP contribution in [-0.4, -0.2) is 17.9 Å². The molecule has 2 amide bonds. The maximum Gasteiger partial charge on any atom is 0.279 e. The Balaban J connectivity index is 1.76. The number of hydrogen-bond acceptors (Lipinski definition) is 3. The van der Waals surface area contributed by atoms with E-state index in [0.717, 1.165) is 25.7 Å². The highest BCUT2D eigenvalue weighted by molar-refractivity contribution is 6.30. The highest BCUT2D eigenvalue weighted by Gasteiger charge is 2.22. The quantitative estimate of drug-likeness (QED) is 0.837. The lowest BCUT2D eigenvalue weighted by Crippen LogP contribution is -2.49. The maximum atomic E-state index is 11.9. The average Bonchev–Trinajstić information content (AvgIpc) is 2.55. The number of carbonyl (C=O) groups excluding carboxylic acids is 2. The molecule has 0 bridgehead atoms. The van der Waals surface area contributed by atoms with E-state index in [9.17, 15) is 9.59 Å². The number of hydrazine groups is 1. The van der Waals surface area contributed by atoms with Gasteiger partial charge in [-0.1, -0.05) is 30.9 Å². The molecular formula is C16H21ClN2O3. The summed E-state index contributed by atoms with van der Waals surface area (Å²) in [4.78, 5) is 23.9. The minimum atomic E-state index is -0.715. The van der Waals surface area contributed by atoms with Crippen molar-refractivity contribution in [1.82, 2.24) is 10.9 Å². The van der Waals surface area contributed by atoms with Gasteiger partial charge in [-0.3, -0.25) is 20.4 Å². The summed E-state index contributed by atoms with van der Waals surface area (Å²) >= 11 is 5.79. The summed E-state index contributed by atoms with van der Waals surface area (Å²) in [6, 6.07) is 6.75. The summed E-state index contributed by atoms with van der Waals surface area (Å²) in [5.74, 6) is 0.0399. The Labute approximate surface area is 135 Å². The normalized spacial score (nSPS) is 16.6. The van der Waals surface area contributed by atoms with Crippen molar-refractivity contribution in [3.63, 3.8) is 0 Å². The molecule has 2 rings (SSSR count). The molecule has 6 heteroatoms. The lowest BCUT2D eigenvalue weighted by Gasteiger charge is -2.21. The Hall–Kier alpha value is -1.75. The van der Waals surface area contributed by atoms with Crippen molar-refractivity contribution in [1.29, 1.82) is 0 Å². The van der Waals surface area contributed by atoms with Crippen LogP contribution in [0.4, 0.5) is 0 Å². The second-order valence-electron chi connectivity index (χ2n) is 5.53. The maximum absolute atomic E-state index is 11.9. The molecule has 0 aliphatic heterocycles. The monoisotopic (exact) mass is 324 g/mol. The summed E-state index contributed by atoms with van der Waals surface area (Å²) in [6.07, 6.45) is 4.39. The van der Waals surface area contributed by atoms with Gasteiger partial charge in [0, 0.05) is 10.9 Å². The van der Waals surface area contributed by atoms with E-state index in [1.807, 2.05) is 0 Å². The van der Waals surface area contributed by atoms with Gasteiger partial charge in [-0.15, -0.1) is 0 Å². The molecule has 1 aliphatic carbocycles. The summed E-state index contributed by atoms with van der Waals surface area (Å²) in [7, 11) is 0. The van der Waals surface area contributed by atoms with Crippen LogP contribution in [-0.2, 0) is 9.59 Å². The second kappa shape index (κ2) is 8.03. The second-order valence-corrected chi connectivity index (χ2v) is 5.96. The van der Waals surface area contributed by atoms with Gasteiger partial charge in [0.25, 0.3) is 5.91 Å². The standard InChI is InChI=1S/C16H21ClN2O3/c1-11(22-14-9-7-13(17)8-10-14)15(20)18-19-16(21)12-5-3-2-4-6-12/h7-12H,2-6H2,1H3,(H,18,20)(H,19,21). The van der Waals surface area contributed by atoms with Crippen LogP contribution in [0.15, 0.2) is 24.3 Å². The number of halogens is 1. The van der Waals surface area contributed by atoms with Crippen molar-refractivity contribution < 1.29 is 14.3 Å². The Morgan fingerprint density at radius 1 is 1.14 bits per heavy atom. The van der Waals surface area contributed by atoms with Crippen molar-refractivity contribution in [2.45, 2.75) is 45.1 Å². The van der Waals surface area contributed by atoms with Crippen molar-refractivity contribution in [3.8, 4) is 5.75 Å². The van der Waals surface area contributed by atoms with Gasteiger partial charge >= 0.3 is 0 Å². The zero-order valence-corrected chi connectivity index (χ0v) is 13.4. The van der Waals surface area contributed by atoms with Crippen LogP contribution in [0.1, 0.15) is 39.0 Å². The van der Waals surface area contributed by atoms with E-state index in [2.05, 4.69) is 10.9 Å². The first-order valence-electron chi connectivity index (χ1n) is 7.58. The molecule has 1 aromatic carbocycles. The Morgan fingerprint density at radius 2 is 1.77 bits per heavy atom. The largest absolute Gasteiger partial charge is 0.481 e. The molecule has 0 aromatic heterocycles. The lowest BCUT2D eigenvalue weighted by molar-refractivity contribution is -0.134. The fourth-order valence-corrected chi connectivity index (χ4v) is 2.59. The Kier molecular flexibility index (Phi) is 6.07. The summed E-state index contributed by atoms with van der Waals surface area (Å²) in [6.45, 7) is 1.62. The van der Waals surface area contributed by atoms with E-state index in [1.165, 1.54) is 6.42 Å². The number of ether oxygens (including phenoxy) is 1. The molecule has 2 N–H and O–H groups in total. The molecule has 0 spiro atoms. The first-order chi connectivity index (χ1) is 10.6. The lowest BCUT2D eigenvalue weighted by atomic mass is 9.89. The van der Waals surface area contributed by atoms with E-state index in [-0.39, 0.29) is 17.7 Å². The molecule has 0 saturated heterocycles. The van der Waals surface area contributed by atoms with Gasteiger partial charge in [0.15, 0.2) is 6.10 Å². The third-order valence-electron chi connectivity index (χ3n) is 3.78. The zero-order chi connectivity index (χ0) is 15.9. The van der Waals surface area contributed by atoms with E-state index < -0.39 is 6.10 Å². The summed E-state index contributed by atoms with van der Waals surface area (Å²) in [5, 5.41) is 0.601. The molecule has 1 unspecified atom stereocenters. The predicted molar refractivity (Wildman–Crippen MR) is 84.4 cm³/mol. The van der Waals surface area contributed by atoms with Gasteiger partial charge in [-0.25, -0.2) is 0 Å². The molecule has 5 nitrogen and oxygen atoms in total. The van der Waals surface area contributed by atoms with Gasteiger partial charge in [-0.05, 0) is 44.0 Å². The van der Waals surface area contributed by atoms with Crippen molar-refractivity contribution >= 4 is 23.4 Å². The van der Waals surface area contributed by atoms with Crippen LogP contribution < -0.4 is 15.6 Å². The van der Waals surface area contributed by atoms with Crippen LogP contribution >= 0.6 is 11.6 Å². The Bertz CT molecular complexity index is 513. The van der Waals surface area contributed by atoms with E-state index in [1.54, 1.807) is 31.2 Å². The first kappa shape index (κ1) is 16.6. The first-order valence-corrected chi connectivity index (χ1v) is 7.96. The van der Waals surface area contributed by atoms with Crippen molar-refractivity contribution in [2.24, 2.45) is 5.92 Å². The molecule has 1 aromatic rings. The van der Waals surface area contributed by atoms with E-state index in [0.29, 0.717) is 10.8 Å². The molecule has 1 saturated carbocycles. The van der Waals surface area contributed by atoms with Gasteiger partial charge in [0.2, 0.25) is 5.91 Å². The molecule has 1 atom stereocenters. The van der Waals surface area contributed by atoms with Gasteiger partial charge in [0.05, 0.1) is 0 Å². The zero-order valence-electron chi connectivity index (χ0n) is 12.6. The van der Waals surface area contributed by atoms with Gasteiger partial charge < -0.3 is 4.74 Å². The van der Waals surface area contributed by atoms with Crippen LogP contribution in [0.5, 0.6) is 5.75 Å². The fourth-order valence-electron chi connectivity index (χ4n) is 2.46. The van der Waals surface area contributed by atoms with Crippen LogP contribution in [0.2, 0.25) is 5.02 Å². The van der Waals surface area contributed by atoms with Crippen molar-refractivity contribution in [2.75, 3.05) is 0 Å². The number of nitrogens with one attached hydrogen (secondary N) is 2. The van der Waals surface area contributed by atoms with Gasteiger partial charge in [0.1, 0.15) is 5.75 Å². The molecule has 1 fully saturated rings. The number of carbonyl (C=O) groups is 2. The minimum absolute atomic E-state index is 0.00143. The predicted octanol–water partition coefficient (Wildman–Crippen LogP) is 2.84. The third kappa shape index (κ3) is 4.91. The number of amides is 2. The topological polar surface area (TPSA) is 67.4 Å². The highest BCUT2D eigenvalue weighted by Crippen LogP contribution is 2.23. The summed E-state index contributed by atoms with van der Waals surface area (Å²) in [5.41, 5.74) is 4.91. The fraction of sp³-hybridized carbons (Fsp3) is 0.500. The third-order valence-corrected chi connectivity index (χ3v) is 4.03. The number of rotatable bonds is 4. The molecule has 0 radical (unpaired) electrons. The van der Waals surface area contributed by atoms with Gasteiger partial charge in [-0.2, -0.15) is 0 Å². The molecule has 1 aliphatic rings. The van der Waals surface area contributed by atoms with Crippen LogP contribution in [0, 0.1) is 5.92 Å². The number of hydrogen-bond donors (Lipinski definition) is 2. The smallest absolute Gasteiger partial charge is 0.279 e. The number of benzene rings is 1. The summed E-state index contributed by atoms with van der Waals surface area (Å²) < 4.78 is 5.49. The van der Waals surface area contributed by atoms with E-state index in [4.69, 9.17) is 16.3 Å². The van der Waals surface area contributed by atoms with Crippen LogP contribution in [0.25, 0.3) is 0 Å². The van der Waals surface area contributed by atoms with Crippen molar-refractivity contribution in [3.05, 3.63) is 29.3 Å². The molecule has 120 valence electrons. The Morgan fingerprint density at radius 3 is 2.41 bits per heavy atom. The SMILES string of the molecule is CC(Oc1ccc(Cl)cc1)C(=O)NNC(=O)C1CCCCC1. The molecular weight excluding hydrogens is 304 g/mol. The molecule has 22 heavy (non-hydrogen) atoms. The minimum Gasteiger partial charge on any atom is -0.481 e. The highest BCUT2D eigenvalue weighted by atomic mass is 35.5. The van der Waals surface area contributed by atoms with E-state index >= 15 is 0 Å².